The summed E-state index contributed by atoms with van der Waals surface area (Å²) in [6, 6.07) is 16.0. The Hall–Kier alpha value is -1.60. The highest BCUT2D eigenvalue weighted by atomic mass is 14.9. The van der Waals surface area contributed by atoms with Gasteiger partial charge in [0, 0.05) is 6.04 Å². The molecule has 0 saturated carbocycles. The predicted molar refractivity (Wildman–Crippen MR) is 83.4 cm³/mol. The van der Waals surface area contributed by atoms with Gasteiger partial charge in [-0.2, -0.15) is 0 Å². The molecule has 2 aromatic carbocycles. The highest BCUT2D eigenvalue weighted by molar-refractivity contribution is 5.66. The second kappa shape index (κ2) is 6.03. The number of rotatable bonds is 4. The van der Waals surface area contributed by atoms with Crippen LogP contribution < -0.4 is 5.32 Å². The smallest absolute Gasteiger partial charge is 0.0315 e. The largest absolute Gasteiger partial charge is 0.313 e. The van der Waals surface area contributed by atoms with Crippen LogP contribution in [0.2, 0.25) is 0 Å². The quantitative estimate of drug-likeness (QED) is 0.837. The molecule has 2 rings (SSSR count). The van der Waals surface area contributed by atoms with Crippen molar-refractivity contribution in [3.8, 4) is 11.1 Å². The molecule has 19 heavy (non-hydrogen) atoms. The van der Waals surface area contributed by atoms with E-state index in [1.807, 2.05) is 7.05 Å². The van der Waals surface area contributed by atoms with Gasteiger partial charge in [-0.1, -0.05) is 54.4 Å². The van der Waals surface area contributed by atoms with Crippen LogP contribution in [0.3, 0.4) is 0 Å². The minimum absolute atomic E-state index is 0.436. The molecule has 0 amide bonds. The predicted octanol–water partition coefficient (Wildman–Crippen LogP) is 4.64. The Morgan fingerprint density at radius 3 is 2.21 bits per heavy atom. The molecule has 1 unspecified atom stereocenters. The monoisotopic (exact) mass is 253 g/mol. The van der Waals surface area contributed by atoms with E-state index in [4.69, 9.17) is 0 Å². The van der Waals surface area contributed by atoms with Gasteiger partial charge in [0.05, 0.1) is 0 Å². The third kappa shape index (κ3) is 3.24. The zero-order valence-electron chi connectivity index (χ0n) is 12.3. The molecule has 0 bridgehead atoms. The maximum atomic E-state index is 3.37. The van der Waals surface area contributed by atoms with Crippen LogP contribution in [0, 0.1) is 13.8 Å². The van der Waals surface area contributed by atoms with Crippen molar-refractivity contribution in [2.45, 2.75) is 33.2 Å². The van der Waals surface area contributed by atoms with Gasteiger partial charge in [0.1, 0.15) is 0 Å². The number of benzene rings is 2. The molecular formula is C18H23N. The van der Waals surface area contributed by atoms with Gasteiger partial charge < -0.3 is 5.32 Å². The SMILES string of the molecule is CCC(NC)c1cccc(-c2cc(C)cc(C)c2)c1. The molecule has 0 fully saturated rings. The maximum Gasteiger partial charge on any atom is 0.0315 e. The maximum absolute atomic E-state index is 3.37. The highest BCUT2D eigenvalue weighted by Gasteiger charge is 2.08. The Kier molecular flexibility index (Phi) is 4.39. The van der Waals surface area contributed by atoms with Gasteiger partial charge in [0.2, 0.25) is 0 Å². The highest BCUT2D eigenvalue weighted by Crippen LogP contribution is 2.26. The first-order chi connectivity index (χ1) is 9.13. The van der Waals surface area contributed by atoms with Gasteiger partial charge in [-0.05, 0) is 50.1 Å². The first-order valence-corrected chi connectivity index (χ1v) is 7.00. The molecule has 1 N–H and O–H groups in total. The van der Waals surface area contributed by atoms with E-state index in [2.05, 4.69) is 68.6 Å². The normalized spacial score (nSPS) is 12.4. The van der Waals surface area contributed by atoms with Crippen LogP contribution in [0.4, 0.5) is 0 Å². The summed E-state index contributed by atoms with van der Waals surface area (Å²) in [7, 11) is 2.03. The van der Waals surface area contributed by atoms with Crippen LogP contribution in [0.5, 0.6) is 0 Å². The summed E-state index contributed by atoms with van der Waals surface area (Å²) in [4.78, 5) is 0. The molecule has 1 nitrogen and oxygen atoms in total. The molecule has 0 aliphatic rings. The number of nitrogens with one attached hydrogen (secondary N) is 1. The Labute approximate surface area is 116 Å². The molecule has 0 aliphatic carbocycles. The molecular weight excluding hydrogens is 230 g/mol. The van der Waals surface area contributed by atoms with Crippen LogP contribution in [0.15, 0.2) is 42.5 Å². The Morgan fingerprint density at radius 1 is 0.947 bits per heavy atom. The molecule has 0 heterocycles. The van der Waals surface area contributed by atoms with Crippen LogP contribution in [-0.2, 0) is 0 Å². The van der Waals surface area contributed by atoms with Crippen molar-refractivity contribution in [2.24, 2.45) is 0 Å². The summed E-state index contributed by atoms with van der Waals surface area (Å²) in [5.74, 6) is 0. The van der Waals surface area contributed by atoms with Crippen molar-refractivity contribution in [1.82, 2.24) is 5.32 Å². The molecule has 1 heteroatoms. The molecule has 0 spiro atoms. The van der Waals surface area contributed by atoms with Gasteiger partial charge in [-0.25, -0.2) is 0 Å². The zero-order chi connectivity index (χ0) is 13.8. The van der Waals surface area contributed by atoms with E-state index in [-0.39, 0.29) is 0 Å². The van der Waals surface area contributed by atoms with Crippen LogP contribution in [0.1, 0.15) is 36.1 Å². The van der Waals surface area contributed by atoms with E-state index in [0.717, 1.165) is 6.42 Å². The lowest BCUT2D eigenvalue weighted by Gasteiger charge is -2.15. The van der Waals surface area contributed by atoms with Gasteiger partial charge in [0.15, 0.2) is 0 Å². The Balaban J connectivity index is 2.42. The number of hydrogen-bond donors (Lipinski definition) is 1. The van der Waals surface area contributed by atoms with Gasteiger partial charge in [0.25, 0.3) is 0 Å². The molecule has 0 saturated heterocycles. The van der Waals surface area contributed by atoms with Crippen LogP contribution in [0.25, 0.3) is 11.1 Å². The molecule has 100 valence electrons. The Bertz CT molecular complexity index is 533. The second-order valence-electron chi connectivity index (χ2n) is 5.25. The third-order valence-corrected chi connectivity index (χ3v) is 3.60. The zero-order valence-corrected chi connectivity index (χ0v) is 12.3. The van der Waals surface area contributed by atoms with Crippen molar-refractivity contribution >= 4 is 0 Å². The van der Waals surface area contributed by atoms with Gasteiger partial charge in [-0.3, -0.25) is 0 Å². The fraction of sp³-hybridized carbons (Fsp3) is 0.333. The lowest BCUT2D eigenvalue weighted by molar-refractivity contribution is 0.577. The van der Waals surface area contributed by atoms with Crippen LogP contribution >= 0.6 is 0 Å². The standard InChI is InChI=1S/C18H23N/c1-5-18(19-4)16-8-6-7-15(12-16)17-10-13(2)9-14(3)11-17/h6-12,18-19H,5H2,1-4H3. The van der Waals surface area contributed by atoms with E-state index in [9.17, 15) is 0 Å². The van der Waals surface area contributed by atoms with E-state index < -0.39 is 0 Å². The summed E-state index contributed by atoms with van der Waals surface area (Å²) >= 11 is 0. The van der Waals surface area contributed by atoms with Crippen LogP contribution in [-0.4, -0.2) is 7.05 Å². The Morgan fingerprint density at radius 2 is 1.63 bits per heavy atom. The van der Waals surface area contributed by atoms with E-state index >= 15 is 0 Å². The van der Waals surface area contributed by atoms with Crippen molar-refractivity contribution in [1.29, 1.82) is 0 Å². The topological polar surface area (TPSA) is 12.0 Å². The van der Waals surface area contributed by atoms with E-state index in [1.54, 1.807) is 0 Å². The minimum Gasteiger partial charge on any atom is -0.313 e. The summed E-state index contributed by atoms with van der Waals surface area (Å²) in [6.07, 6.45) is 1.10. The fourth-order valence-electron chi connectivity index (χ4n) is 2.68. The summed E-state index contributed by atoms with van der Waals surface area (Å²) in [5.41, 5.74) is 6.62. The van der Waals surface area contributed by atoms with Gasteiger partial charge in [-0.15, -0.1) is 0 Å². The summed E-state index contributed by atoms with van der Waals surface area (Å²) < 4.78 is 0. The third-order valence-electron chi connectivity index (χ3n) is 3.60. The number of aryl methyl sites for hydroxylation is 2. The average Bonchev–Trinajstić information content (AvgIpc) is 2.39. The molecule has 0 radical (unpaired) electrons. The first kappa shape index (κ1) is 13.8. The minimum atomic E-state index is 0.436. The lowest BCUT2D eigenvalue weighted by Crippen LogP contribution is -2.15. The first-order valence-electron chi connectivity index (χ1n) is 7.00. The lowest BCUT2D eigenvalue weighted by atomic mass is 9.96. The summed E-state index contributed by atoms with van der Waals surface area (Å²) in [5, 5.41) is 3.37. The van der Waals surface area contributed by atoms with E-state index in [0.29, 0.717) is 6.04 Å². The van der Waals surface area contributed by atoms with Gasteiger partial charge >= 0.3 is 0 Å². The second-order valence-corrected chi connectivity index (χ2v) is 5.25. The molecule has 0 aromatic heterocycles. The van der Waals surface area contributed by atoms with Crippen molar-refractivity contribution in [3.63, 3.8) is 0 Å². The van der Waals surface area contributed by atoms with Crippen molar-refractivity contribution < 1.29 is 0 Å². The molecule has 0 aliphatic heterocycles. The summed E-state index contributed by atoms with van der Waals surface area (Å²) in [6.45, 7) is 6.52. The van der Waals surface area contributed by atoms with Crippen molar-refractivity contribution in [3.05, 3.63) is 59.2 Å². The molecule has 2 aromatic rings. The number of hydrogen-bond acceptors (Lipinski definition) is 1. The fourth-order valence-corrected chi connectivity index (χ4v) is 2.68. The molecule has 1 atom stereocenters. The van der Waals surface area contributed by atoms with E-state index in [1.165, 1.54) is 27.8 Å². The van der Waals surface area contributed by atoms with Crippen molar-refractivity contribution in [2.75, 3.05) is 7.05 Å². The average molecular weight is 253 g/mol.